The molecule has 0 bridgehead atoms. The lowest BCUT2D eigenvalue weighted by Crippen LogP contribution is -2.14. The van der Waals surface area contributed by atoms with Gasteiger partial charge in [-0.05, 0) is 35.9 Å². The second kappa shape index (κ2) is 8.53. The highest BCUT2D eigenvalue weighted by Crippen LogP contribution is 2.30. The normalized spacial score (nSPS) is 10.5. The van der Waals surface area contributed by atoms with Crippen molar-refractivity contribution in [2.24, 2.45) is 0 Å². The molecule has 0 saturated heterocycles. The van der Waals surface area contributed by atoms with Crippen LogP contribution in [0.4, 0.5) is 14.5 Å². The number of halogens is 3. The fourth-order valence-corrected chi connectivity index (χ4v) is 2.38. The van der Waals surface area contributed by atoms with E-state index in [0.29, 0.717) is 17.2 Å². The Morgan fingerprint density at radius 1 is 1.08 bits per heavy atom. The van der Waals surface area contributed by atoms with Gasteiger partial charge < -0.3 is 19.5 Å². The van der Waals surface area contributed by atoms with Crippen LogP contribution in [0.2, 0.25) is 5.02 Å². The van der Waals surface area contributed by atoms with Gasteiger partial charge in [0, 0.05) is 5.69 Å². The van der Waals surface area contributed by atoms with E-state index in [1.54, 1.807) is 18.2 Å². The van der Waals surface area contributed by atoms with E-state index in [9.17, 15) is 13.6 Å². The Morgan fingerprint density at radius 3 is 2.36 bits per heavy atom. The molecule has 0 unspecified atom stereocenters. The van der Waals surface area contributed by atoms with Crippen molar-refractivity contribution in [2.45, 2.75) is 13.0 Å². The average molecular weight is 372 g/mol. The van der Waals surface area contributed by atoms with Crippen molar-refractivity contribution in [2.75, 3.05) is 19.5 Å². The number of carbonyl (C=O) groups excluding carboxylic acids is 1. The highest BCUT2D eigenvalue weighted by atomic mass is 35.5. The molecule has 0 aromatic heterocycles. The maximum atomic E-state index is 12.2. The molecule has 0 spiro atoms. The van der Waals surface area contributed by atoms with E-state index in [1.165, 1.54) is 32.4 Å². The Bertz CT molecular complexity index is 755. The fourth-order valence-electron chi connectivity index (χ4n) is 2.15. The number of hydrogen-bond donors (Lipinski definition) is 1. The van der Waals surface area contributed by atoms with Crippen LogP contribution in [0.5, 0.6) is 17.2 Å². The molecule has 2 aromatic carbocycles. The van der Waals surface area contributed by atoms with Crippen LogP contribution >= 0.6 is 11.6 Å². The lowest BCUT2D eigenvalue weighted by atomic mass is 10.1. The van der Waals surface area contributed by atoms with Gasteiger partial charge in [0.25, 0.3) is 0 Å². The summed E-state index contributed by atoms with van der Waals surface area (Å²) in [7, 11) is 3.03. The summed E-state index contributed by atoms with van der Waals surface area (Å²) in [5, 5.41) is 2.62. The second-order valence-corrected chi connectivity index (χ2v) is 5.35. The summed E-state index contributed by atoms with van der Waals surface area (Å²) >= 11 is 5.85. The molecule has 0 saturated carbocycles. The molecule has 0 atom stereocenters. The number of carbonyl (C=O) groups is 1. The van der Waals surface area contributed by atoms with Gasteiger partial charge in [0.05, 0.1) is 25.7 Å². The highest BCUT2D eigenvalue weighted by Gasteiger charge is 2.12. The van der Waals surface area contributed by atoms with E-state index in [4.69, 9.17) is 21.1 Å². The van der Waals surface area contributed by atoms with Crippen molar-refractivity contribution >= 4 is 23.2 Å². The third kappa shape index (κ3) is 5.22. The number of benzene rings is 2. The summed E-state index contributed by atoms with van der Waals surface area (Å²) < 4.78 is 39.0. The van der Waals surface area contributed by atoms with Crippen molar-refractivity contribution in [3.05, 3.63) is 47.0 Å². The molecule has 0 aliphatic rings. The minimum absolute atomic E-state index is 0.0239. The zero-order chi connectivity index (χ0) is 18.4. The maximum absolute atomic E-state index is 12.2. The van der Waals surface area contributed by atoms with Crippen LogP contribution in [-0.4, -0.2) is 26.7 Å². The van der Waals surface area contributed by atoms with Gasteiger partial charge >= 0.3 is 6.61 Å². The first-order chi connectivity index (χ1) is 11.9. The Kier molecular flexibility index (Phi) is 6.41. The van der Waals surface area contributed by atoms with Gasteiger partial charge in [0.2, 0.25) is 5.91 Å². The molecule has 2 aromatic rings. The molecular weight excluding hydrogens is 356 g/mol. The largest absolute Gasteiger partial charge is 0.493 e. The highest BCUT2D eigenvalue weighted by molar-refractivity contribution is 6.32. The summed E-state index contributed by atoms with van der Waals surface area (Å²) in [5.41, 5.74) is 1.09. The van der Waals surface area contributed by atoms with E-state index in [1.807, 2.05) is 0 Å². The number of methoxy groups -OCH3 is 2. The minimum atomic E-state index is -2.97. The van der Waals surface area contributed by atoms with Crippen molar-refractivity contribution in [1.29, 1.82) is 0 Å². The lowest BCUT2D eigenvalue weighted by molar-refractivity contribution is -0.115. The van der Waals surface area contributed by atoms with Crippen LogP contribution in [0.15, 0.2) is 36.4 Å². The number of anilines is 1. The minimum Gasteiger partial charge on any atom is -0.493 e. The third-order valence-corrected chi connectivity index (χ3v) is 3.54. The predicted octanol–water partition coefficient (Wildman–Crippen LogP) is 4.14. The van der Waals surface area contributed by atoms with Crippen LogP contribution in [0, 0.1) is 0 Å². The smallest absolute Gasteiger partial charge is 0.387 e. The molecule has 134 valence electrons. The number of rotatable bonds is 7. The average Bonchev–Trinajstić information content (AvgIpc) is 2.56. The van der Waals surface area contributed by atoms with E-state index >= 15 is 0 Å². The molecule has 0 aliphatic heterocycles. The number of ether oxygens (including phenoxy) is 3. The molecule has 0 aliphatic carbocycles. The number of alkyl halides is 2. The summed E-state index contributed by atoms with van der Waals surface area (Å²) in [6.07, 6.45) is 0.0905. The maximum Gasteiger partial charge on any atom is 0.387 e. The summed E-state index contributed by atoms with van der Waals surface area (Å²) in [6.45, 7) is -2.97. The summed E-state index contributed by atoms with van der Waals surface area (Å²) in [5.74, 6) is 0.623. The van der Waals surface area contributed by atoms with Gasteiger partial charge in [-0.3, -0.25) is 4.79 Å². The summed E-state index contributed by atoms with van der Waals surface area (Å²) in [6, 6.07) is 9.18. The van der Waals surface area contributed by atoms with Crippen molar-refractivity contribution in [3.63, 3.8) is 0 Å². The standard InChI is InChI=1S/C17H16ClF2NO4/c1-23-14-5-3-10(7-15(14)24-2)8-16(22)21-11-4-6-13(12(18)9-11)25-17(19)20/h3-7,9,17H,8H2,1-2H3,(H,21,22). The molecular formula is C17H16ClF2NO4. The van der Waals surface area contributed by atoms with Gasteiger partial charge in [-0.1, -0.05) is 17.7 Å². The quantitative estimate of drug-likeness (QED) is 0.794. The third-order valence-electron chi connectivity index (χ3n) is 3.24. The van der Waals surface area contributed by atoms with E-state index in [-0.39, 0.29) is 23.1 Å². The molecule has 1 N–H and O–H groups in total. The van der Waals surface area contributed by atoms with E-state index in [0.717, 1.165) is 5.56 Å². The van der Waals surface area contributed by atoms with E-state index < -0.39 is 6.61 Å². The van der Waals surface area contributed by atoms with Crippen LogP contribution in [0.25, 0.3) is 0 Å². The Morgan fingerprint density at radius 2 is 1.76 bits per heavy atom. The number of hydrogen-bond acceptors (Lipinski definition) is 4. The van der Waals surface area contributed by atoms with Crippen LogP contribution in [0.1, 0.15) is 5.56 Å². The molecule has 0 heterocycles. The van der Waals surface area contributed by atoms with E-state index in [2.05, 4.69) is 10.1 Å². The Balaban J connectivity index is 2.04. The Labute approximate surface area is 148 Å². The fraction of sp³-hybridized carbons (Fsp3) is 0.235. The summed E-state index contributed by atoms with van der Waals surface area (Å²) in [4.78, 5) is 12.1. The van der Waals surface area contributed by atoms with Gasteiger partial charge in [0.15, 0.2) is 11.5 Å². The SMILES string of the molecule is COc1ccc(CC(=O)Nc2ccc(OC(F)F)c(Cl)c2)cc1OC. The first-order valence-corrected chi connectivity index (χ1v) is 7.56. The number of nitrogens with one attached hydrogen (secondary N) is 1. The van der Waals surface area contributed by atoms with Crippen molar-refractivity contribution < 1.29 is 27.8 Å². The molecule has 8 heteroatoms. The topological polar surface area (TPSA) is 56.8 Å². The van der Waals surface area contributed by atoms with Crippen LogP contribution in [0.3, 0.4) is 0 Å². The molecule has 0 fully saturated rings. The first kappa shape index (κ1) is 18.8. The van der Waals surface area contributed by atoms with Gasteiger partial charge in [-0.25, -0.2) is 0 Å². The molecule has 25 heavy (non-hydrogen) atoms. The number of amides is 1. The first-order valence-electron chi connectivity index (χ1n) is 7.18. The van der Waals surface area contributed by atoms with Crippen LogP contribution in [-0.2, 0) is 11.2 Å². The zero-order valence-corrected chi connectivity index (χ0v) is 14.3. The predicted molar refractivity (Wildman–Crippen MR) is 90.0 cm³/mol. The van der Waals surface area contributed by atoms with Crippen LogP contribution < -0.4 is 19.5 Å². The zero-order valence-electron chi connectivity index (χ0n) is 13.5. The van der Waals surface area contributed by atoms with Gasteiger partial charge in [-0.15, -0.1) is 0 Å². The van der Waals surface area contributed by atoms with Gasteiger partial charge in [0.1, 0.15) is 5.75 Å². The molecule has 0 radical (unpaired) electrons. The van der Waals surface area contributed by atoms with Crippen molar-refractivity contribution in [1.82, 2.24) is 0 Å². The molecule has 5 nitrogen and oxygen atoms in total. The second-order valence-electron chi connectivity index (χ2n) is 4.94. The molecule has 2 rings (SSSR count). The monoisotopic (exact) mass is 371 g/mol. The Hall–Kier alpha value is -2.54. The van der Waals surface area contributed by atoms with Crippen molar-refractivity contribution in [3.8, 4) is 17.2 Å². The molecule has 1 amide bonds. The van der Waals surface area contributed by atoms with Gasteiger partial charge in [-0.2, -0.15) is 8.78 Å². The lowest BCUT2D eigenvalue weighted by Gasteiger charge is -2.11.